The van der Waals surface area contributed by atoms with Crippen LogP contribution in [0.5, 0.6) is 5.75 Å². The molecule has 23 heavy (non-hydrogen) atoms. The fourth-order valence-electron chi connectivity index (χ4n) is 1.97. The SMILES string of the molecule is CCOC(=O)CCCCCNC(=O)c1ccc(OCCBr)cc1. The molecule has 0 aromatic heterocycles. The molecule has 0 aliphatic carbocycles. The molecule has 5 nitrogen and oxygen atoms in total. The number of amides is 1. The Morgan fingerprint density at radius 1 is 1.13 bits per heavy atom. The van der Waals surface area contributed by atoms with Gasteiger partial charge in [-0.05, 0) is 44.0 Å². The normalized spacial score (nSPS) is 10.2. The summed E-state index contributed by atoms with van der Waals surface area (Å²) in [5, 5.41) is 3.64. The van der Waals surface area contributed by atoms with Crippen LogP contribution in [0.1, 0.15) is 43.0 Å². The number of ether oxygens (including phenoxy) is 2. The average Bonchev–Trinajstić information content (AvgIpc) is 2.56. The van der Waals surface area contributed by atoms with Crippen molar-refractivity contribution in [1.29, 1.82) is 0 Å². The molecule has 6 heteroatoms. The molecular weight excluding hydrogens is 362 g/mol. The highest BCUT2D eigenvalue weighted by molar-refractivity contribution is 9.09. The van der Waals surface area contributed by atoms with E-state index in [1.807, 2.05) is 0 Å². The lowest BCUT2D eigenvalue weighted by Crippen LogP contribution is -2.24. The number of nitrogens with one attached hydrogen (secondary N) is 1. The second kappa shape index (κ2) is 11.9. The number of unbranched alkanes of at least 4 members (excludes halogenated alkanes) is 2. The van der Waals surface area contributed by atoms with Crippen LogP contribution < -0.4 is 10.1 Å². The lowest BCUT2D eigenvalue weighted by atomic mass is 10.2. The third kappa shape index (κ3) is 8.59. The predicted octanol–water partition coefficient (Wildman–Crippen LogP) is 3.31. The lowest BCUT2D eigenvalue weighted by molar-refractivity contribution is -0.143. The summed E-state index contributed by atoms with van der Waals surface area (Å²) < 4.78 is 10.3. The van der Waals surface area contributed by atoms with Gasteiger partial charge in [0.15, 0.2) is 0 Å². The van der Waals surface area contributed by atoms with Crippen LogP contribution >= 0.6 is 15.9 Å². The van der Waals surface area contributed by atoms with Gasteiger partial charge in [-0.25, -0.2) is 0 Å². The van der Waals surface area contributed by atoms with Crippen LogP contribution in [0.4, 0.5) is 0 Å². The van der Waals surface area contributed by atoms with Crippen molar-refractivity contribution in [3.8, 4) is 5.75 Å². The number of carbonyl (C=O) groups excluding carboxylic acids is 2. The Labute approximate surface area is 145 Å². The zero-order valence-electron chi connectivity index (χ0n) is 13.5. The molecule has 0 bridgehead atoms. The molecular formula is C17H24BrNO4. The molecule has 0 saturated heterocycles. The first kappa shape index (κ1) is 19.5. The van der Waals surface area contributed by atoms with E-state index in [-0.39, 0.29) is 11.9 Å². The molecule has 128 valence electrons. The van der Waals surface area contributed by atoms with E-state index >= 15 is 0 Å². The number of hydrogen-bond donors (Lipinski definition) is 1. The minimum absolute atomic E-state index is 0.0950. The van der Waals surface area contributed by atoms with Crippen molar-refractivity contribution in [3.05, 3.63) is 29.8 Å². The maximum absolute atomic E-state index is 12.0. The van der Waals surface area contributed by atoms with Crippen molar-refractivity contribution in [2.24, 2.45) is 0 Å². The van der Waals surface area contributed by atoms with Crippen LogP contribution in [-0.4, -0.2) is 37.0 Å². The number of hydrogen-bond acceptors (Lipinski definition) is 4. The highest BCUT2D eigenvalue weighted by Crippen LogP contribution is 2.12. The van der Waals surface area contributed by atoms with E-state index in [0.717, 1.165) is 30.3 Å². The van der Waals surface area contributed by atoms with Gasteiger partial charge in [0, 0.05) is 23.9 Å². The molecule has 1 aromatic carbocycles. The summed E-state index contributed by atoms with van der Waals surface area (Å²) >= 11 is 3.29. The number of carbonyl (C=O) groups is 2. The Hall–Kier alpha value is -1.56. The van der Waals surface area contributed by atoms with Gasteiger partial charge in [-0.3, -0.25) is 9.59 Å². The van der Waals surface area contributed by atoms with Crippen molar-refractivity contribution >= 4 is 27.8 Å². The van der Waals surface area contributed by atoms with Gasteiger partial charge in [0.2, 0.25) is 0 Å². The Morgan fingerprint density at radius 3 is 2.52 bits per heavy atom. The smallest absolute Gasteiger partial charge is 0.305 e. The van der Waals surface area contributed by atoms with Crippen LogP contribution in [-0.2, 0) is 9.53 Å². The summed E-state index contributed by atoms with van der Waals surface area (Å²) in [6.07, 6.45) is 2.96. The monoisotopic (exact) mass is 385 g/mol. The Kier molecular flexibility index (Phi) is 10.1. The summed E-state index contributed by atoms with van der Waals surface area (Å²) in [4.78, 5) is 23.1. The third-order valence-corrected chi connectivity index (χ3v) is 3.43. The molecule has 0 aliphatic heterocycles. The molecule has 1 amide bonds. The second-order valence-corrected chi connectivity index (χ2v) is 5.73. The summed E-state index contributed by atoms with van der Waals surface area (Å²) in [6.45, 7) is 3.42. The van der Waals surface area contributed by atoms with Gasteiger partial charge < -0.3 is 14.8 Å². The summed E-state index contributed by atoms with van der Waals surface area (Å²) in [7, 11) is 0. The van der Waals surface area contributed by atoms with Crippen molar-refractivity contribution < 1.29 is 19.1 Å². The van der Waals surface area contributed by atoms with Crippen LogP contribution in [0, 0.1) is 0 Å². The van der Waals surface area contributed by atoms with E-state index in [0.29, 0.717) is 31.7 Å². The Balaban J connectivity index is 2.17. The fraction of sp³-hybridized carbons (Fsp3) is 0.529. The maximum Gasteiger partial charge on any atom is 0.305 e. The largest absolute Gasteiger partial charge is 0.493 e. The van der Waals surface area contributed by atoms with Gasteiger partial charge in [-0.1, -0.05) is 22.4 Å². The number of esters is 1. The van der Waals surface area contributed by atoms with E-state index in [2.05, 4.69) is 21.2 Å². The minimum Gasteiger partial charge on any atom is -0.493 e. The number of halogens is 1. The molecule has 1 rings (SSSR count). The number of rotatable bonds is 11. The van der Waals surface area contributed by atoms with Crippen molar-refractivity contribution in [1.82, 2.24) is 5.32 Å². The molecule has 0 unspecified atom stereocenters. The fourth-order valence-corrected chi connectivity index (χ4v) is 2.13. The molecule has 1 aromatic rings. The molecule has 0 heterocycles. The molecule has 0 fully saturated rings. The Morgan fingerprint density at radius 2 is 1.87 bits per heavy atom. The van der Waals surface area contributed by atoms with Gasteiger partial charge in [-0.15, -0.1) is 0 Å². The summed E-state index contributed by atoms with van der Waals surface area (Å²) in [5.74, 6) is 0.501. The van der Waals surface area contributed by atoms with Crippen LogP contribution in [0.25, 0.3) is 0 Å². The molecule has 0 spiro atoms. The van der Waals surface area contributed by atoms with E-state index in [1.54, 1.807) is 31.2 Å². The molecule has 0 radical (unpaired) electrons. The highest BCUT2D eigenvalue weighted by atomic mass is 79.9. The van der Waals surface area contributed by atoms with Gasteiger partial charge in [0.25, 0.3) is 5.91 Å². The summed E-state index contributed by atoms with van der Waals surface area (Å²) in [5.41, 5.74) is 0.614. The minimum atomic E-state index is -0.154. The second-order valence-electron chi connectivity index (χ2n) is 4.93. The molecule has 0 saturated carbocycles. The lowest BCUT2D eigenvalue weighted by Gasteiger charge is -2.07. The quantitative estimate of drug-likeness (QED) is 0.360. The first-order valence-corrected chi connectivity index (χ1v) is 9.02. The van der Waals surface area contributed by atoms with Gasteiger partial charge in [-0.2, -0.15) is 0 Å². The molecule has 0 aliphatic rings. The zero-order valence-corrected chi connectivity index (χ0v) is 15.1. The molecule has 0 atom stereocenters. The van der Waals surface area contributed by atoms with Crippen molar-refractivity contribution in [2.45, 2.75) is 32.6 Å². The zero-order chi connectivity index (χ0) is 16.9. The van der Waals surface area contributed by atoms with Crippen LogP contribution in [0.2, 0.25) is 0 Å². The topological polar surface area (TPSA) is 64.6 Å². The van der Waals surface area contributed by atoms with Crippen LogP contribution in [0.15, 0.2) is 24.3 Å². The van der Waals surface area contributed by atoms with E-state index < -0.39 is 0 Å². The molecule has 1 N–H and O–H groups in total. The van der Waals surface area contributed by atoms with Gasteiger partial charge >= 0.3 is 5.97 Å². The number of benzene rings is 1. The average molecular weight is 386 g/mol. The first-order chi connectivity index (χ1) is 11.2. The van der Waals surface area contributed by atoms with Gasteiger partial charge in [0.1, 0.15) is 5.75 Å². The van der Waals surface area contributed by atoms with Gasteiger partial charge in [0.05, 0.1) is 13.2 Å². The first-order valence-electron chi connectivity index (χ1n) is 7.90. The van der Waals surface area contributed by atoms with E-state index in [1.165, 1.54) is 0 Å². The Bertz CT molecular complexity index is 476. The highest BCUT2D eigenvalue weighted by Gasteiger charge is 2.05. The summed E-state index contributed by atoms with van der Waals surface area (Å²) in [6, 6.07) is 7.08. The van der Waals surface area contributed by atoms with E-state index in [9.17, 15) is 9.59 Å². The van der Waals surface area contributed by atoms with Crippen molar-refractivity contribution in [2.75, 3.05) is 25.1 Å². The van der Waals surface area contributed by atoms with Crippen LogP contribution in [0.3, 0.4) is 0 Å². The maximum atomic E-state index is 12.0. The number of alkyl halides is 1. The van der Waals surface area contributed by atoms with E-state index in [4.69, 9.17) is 9.47 Å². The standard InChI is InChI=1S/C17H24BrNO4/c1-2-22-16(20)6-4-3-5-12-19-17(21)14-7-9-15(10-8-14)23-13-11-18/h7-10H,2-6,11-13H2,1H3,(H,19,21). The third-order valence-electron chi connectivity index (χ3n) is 3.11. The predicted molar refractivity (Wildman–Crippen MR) is 93.2 cm³/mol. The van der Waals surface area contributed by atoms with Crippen molar-refractivity contribution in [3.63, 3.8) is 0 Å².